The molecular formula is C13H18N2O2. The monoisotopic (exact) mass is 234 g/mol. The average Bonchev–Trinajstić information content (AvgIpc) is 2.72. The smallest absolute Gasteiger partial charge is 0.327 e. The molecule has 1 aromatic carbocycles. The van der Waals surface area contributed by atoms with Crippen LogP contribution in [0.3, 0.4) is 0 Å². The van der Waals surface area contributed by atoms with E-state index in [2.05, 4.69) is 17.0 Å². The molecule has 2 rings (SSSR count). The molecular weight excluding hydrogens is 216 g/mol. The maximum absolute atomic E-state index is 11.6. The Morgan fingerprint density at radius 1 is 1.47 bits per heavy atom. The van der Waals surface area contributed by atoms with Gasteiger partial charge in [-0.2, -0.15) is 0 Å². The van der Waals surface area contributed by atoms with Crippen molar-refractivity contribution in [2.45, 2.75) is 18.5 Å². The minimum absolute atomic E-state index is 0.312. The highest BCUT2D eigenvalue weighted by Crippen LogP contribution is 2.21. The average molecular weight is 234 g/mol. The standard InChI is InChI=1S/C13H18N2O2/c1-17-12(16)13(14)7-8-15(10-13)9-11-5-3-2-4-6-11/h2-6H,7-10,14H2,1H3/t13-/m0/s1. The van der Waals surface area contributed by atoms with E-state index in [0.717, 1.165) is 13.1 Å². The lowest BCUT2D eigenvalue weighted by Gasteiger charge is -2.21. The van der Waals surface area contributed by atoms with Gasteiger partial charge in [0.05, 0.1) is 7.11 Å². The number of esters is 1. The van der Waals surface area contributed by atoms with E-state index >= 15 is 0 Å². The number of carbonyl (C=O) groups excluding carboxylic acids is 1. The van der Waals surface area contributed by atoms with Gasteiger partial charge in [-0.1, -0.05) is 30.3 Å². The number of nitrogens with zero attached hydrogens (tertiary/aromatic N) is 1. The van der Waals surface area contributed by atoms with Gasteiger partial charge in [-0.15, -0.1) is 0 Å². The van der Waals surface area contributed by atoms with Crippen molar-refractivity contribution in [3.8, 4) is 0 Å². The molecule has 1 heterocycles. The predicted molar refractivity (Wildman–Crippen MR) is 65.3 cm³/mol. The molecule has 1 aromatic rings. The fourth-order valence-electron chi connectivity index (χ4n) is 2.26. The number of rotatable bonds is 3. The van der Waals surface area contributed by atoms with Crippen LogP contribution in [0.1, 0.15) is 12.0 Å². The van der Waals surface area contributed by atoms with Crippen LogP contribution in [-0.2, 0) is 16.1 Å². The number of methoxy groups -OCH3 is 1. The van der Waals surface area contributed by atoms with E-state index in [1.807, 2.05) is 18.2 Å². The van der Waals surface area contributed by atoms with Crippen LogP contribution < -0.4 is 5.73 Å². The Balaban J connectivity index is 1.97. The van der Waals surface area contributed by atoms with Crippen molar-refractivity contribution < 1.29 is 9.53 Å². The van der Waals surface area contributed by atoms with Crippen LogP contribution in [0.15, 0.2) is 30.3 Å². The summed E-state index contributed by atoms with van der Waals surface area (Å²) in [5, 5.41) is 0. The minimum atomic E-state index is -0.830. The molecule has 0 aromatic heterocycles. The number of carbonyl (C=O) groups is 1. The lowest BCUT2D eigenvalue weighted by Crippen LogP contribution is -2.50. The zero-order valence-corrected chi connectivity index (χ0v) is 10.1. The second kappa shape index (κ2) is 4.85. The van der Waals surface area contributed by atoms with Crippen LogP contribution in [0.4, 0.5) is 0 Å². The summed E-state index contributed by atoms with van der Waals surface area (Å²) in [6.45, 7) is 2.23. The Morgan fingerprint density at radius 2 is 2.18 bits per heavy atom. The van der Waals surface area contributed by atoms with Gasteiger partial charge in [0.15, 0.2) is 0 Å². The molecule has 4 heteroatoms. The molecule has 1 saturated heterocycles. The summed E-state index contributed by atoms with van der Waals surface area (Å²) in [7, 11) is 1.39. The van der Waals surface area contributed by atoms with E-state index < -0.39 is 5.54 Å². The summed E-state index contributed by atoms with van der Waals surface area (Å²) in [6, 6.07) is 10.2. The highest BCUT2D eigenvalue weighted by Gasteiger charge is 2.41. The number of ether oxygens (including phenoxy) is 1. The molecule has 0 radical (unpaired) electrons. The largest absolute Gasteiger partial charge is 0.468 e. The molecule has 0 aliphatic carbocycles. The fraction of sp³-hybridized carbons (Fsp3) is 0.462. The molecule has 2 N–H and O–H groups in total. The quantitative estimate of drug-likeness (QED) is 0.785. The zero-order chi connectivity index (χ0) is 12.3. The van der Waals surface area contributed by atoms with Gasteiger partial charge in [-0.25, -0.2) is 0 Å². The van der Waals surface area contributed by atoms with Gasteiger partial charge in [-0.3, -0.25) is 9.69 Å². The van der Waals surface area contributed by atoms with Crippen molar-refractivity contribution in [1.82, 2.24) is 4.90 Å². The summed E-state index contributed by atoms with van der Waals surface area (Å²) >= 11 is 0. The number of benzene rings is 1. The zero-order valence-electron chi connectivity index (χ0n) is 10.1. The second-order valence-electron chi connectivity index (χ2n) is 4.59. The second-order valence-corrected chi connectivity index (χ2v) is 4.59. The van der Waals surface area contributed by atoms with Crippen molar-refractivity contribution in [3.63, 3.8) is 0 Å². The van der Waals surface area contributed by atoms with Crippen molar-refractivity contribution in [2.75, 3.05) is 20.2 Å². The molecule has 0 amide bonds. The third-order valence-corrected chi connectivity index (χ3v) is 3.22. The van der Waals surface area contributed by atoms with Gasteiger partial charge in [0.1, 0.15) is 5.54 Å². The fourth-order valence-corrected chi connectivity index (χ4v) is 2.26. The van der Waals surface area contributed by atoms with Gasteiger partial charge in [0.25, 0.3) is 0 Å². The van der Waals surface area contributed by atoms with E-state index in [1.54, 1.807) is 0 Å². The van der Waals surface area contributed by atoms with E-state index in [0.29, 0.717) is 13.0 Å². The Bertz CT molecular complexity index is 394. The first-order valence-electron chi connectivity index (χ1n) is 5.78. The van der Waals surface area contributed by atoms with E-state index in [4.69, 9.17) is 10.5 Å². The molecule has 1 atom stereocenters. The molecule has 0 saturated carbocycles. The number of nitrogens with two attached hydrogens (primary N) is 1. The van der Waals surface area contributed by atoms with E-state index in [-0.39, 0.29) is 5.97 Å². The molecule has 0 bridgehead atoms. The van der Waals surface area contributed by atoms with Crippen LogP contribution >= 0.6 is 0 Å². The normalized spacial score (nSPS) is 24.8. The van der Waals surface area contributed by atoms with Gasteiger partial charge in [0.2, 0.25) is 0 Å². The Kier molecular flexibility index (Phi) is 3.45. The third-order valence-electron chi connectivity index (χ3n) is 3.22. The lowest BCUT2D eigenvalue weighted by molar-refractivity contribution is -0.146. The summed E-state index contributed by atoms with van der Waals surface area (Å²) in [5.74, 6) is -0.312. The maximum Gasteiger partial charge on any atom is 0.327 e. The lowest BCUT2D eigenvalue weighted by atomic mass is 10.0. The molecule has 1 aliphatic rings. The van der Waals surface area contributed by atoms with Crippen molar-refractivity contribution in [2.24, 2.45) is 5.73 Å². The van der Waals surface area contributed by atoms with Crippen LogP contribution in [0, 0.1) is 0 Å². The van der Waals surface area contributed by atoms with Crippen LogP contribution in [0.25, 0.3) is 0 Å². The first kappa shape index (κ1) is 12.1. The van der Waals surface area contributed by atoms with E-state index in [1.165, 1.54) is 12.7 Å². The highest BCUT2D eigenvalue weighted by molar-refractivity contribution is 5.81. The third kappa shape index (κ3) is 2.65. The summed E-state index contributed by atoms with van der Waals surface area (Å²) in [4.78, 5) is 13.7. The number of likely N-dealkylation sites (tertiary alicyclic amines) is 1. The first-order valence-corrected chi connectivity index (χ1v) is 5.78. The van der Waals surface area contributed by atoms with Gasteiger partial charge < -0.3 is 10.5 Å². The number of hydrogen-bond acceptors (Lipinski definition) is 4. The molecule has 92 valence electrons. The van der Waals surface area contributed by atoms with Gasteiger partial charge in [-0.05, 0) is 12.0 Å². The topological polar surface area (TPSA) is 55.6 Å². The first-order chi connectivity index (χ1) is 8.14. The SMILES string of the molecule is COC(=O)[C@]1(N)CCN(Cc2ccccc2)C1. The van der Waals surface area contributed by atoms with Crippen molar-refractivity contribution in [3.05, 3.63) is 35.9 Å². The summed E-state index contributed by atoms with van der Waals surface area (Å²) in [5.41, 5.74) is 6.45. The molecule has 17 heavy (non-hydrogen) atoms. The highest BCUT2D eigenvalue weighted by atomic mass is 16.5. The van der Waals surface area contributed by atoms with Crippen LogP contribution in [0.2, 0.25) is 0 Å². The minimum Gasteiger partial charge on any atom is -0.468 e. The van der Waals surface area contributed by atoms with Crippen LogP contribution in [0.5, 0.6) is 0 Å². The molecule has 4 nitrogen and oxygen atoms in total. The molecule has 0 unspecified atom stereocenters. The summed E-state index contributed by atoms with van der Waals surface area (Å²) < 4.78 is 4.75. The molecule has 1 fully saturated rings. The summed E-state index contributed by atoms with van der Waals surface area (Å²) in [6.07, 6.45) is 0.659. The maximum atomic E-state index is 11.6. The molecule has 1 aliphatic heterocycles. The van der Waals surface area contributed by atoms with Gasteiger partial charge in [0, 0.05) is 19.6 Å². The van der Waals surface area contributed by atoms with E-state index in [9.17, 15) is 4.79 Å². The predicted octanol–water partition coefficient (Wildman–Crippen LogP) is 0.763. The van der Waals surface area contributed by atoms with Crippen molar-refractivity contribution >= 4 is 5.97 Å². The van der Waals surface area contributed by atoms with Crippen molar-refractivity contribution in [1.29, 1.82) is 0 Å². The Labute approximate surface area is 101 Å². The van der Waals surface area contributed by atoms with Crippen LogP contribution in [-0.4, -0.2) is 36.6 Å². The van der Waals surface area contributed by atoms with Gasteiger partial charge >= 0.3 is 5.97 Å². The molecule has 0 spiro atoms. The Hall–Kier alpha value is -1.39. The number of hydrogen-bond donors (Lipinski definition) is 1. The Morgan fingerprint density at radius 3 is 2.82 bits per heavy atom.